The van der Waals surface area contributed by atoms with E-state index in [4.69, 9.17) is 4.74 Å². The summed E-state index contributed by atoms with van der Waals surface area (Å²) in [6, 6.07) is 18.8. The first-order valence-corrected chi connectivity index (χ1v) is 10.5. The van der Waals surface area contributed by atoms with Crippen molar-refractivity contribution in [3.8, 4) is 17.6 Å². The van der Waals surface area contributed by atoms with E-state index in [2.05, 4.69) is 37.0 Å². The molecule has 29 heavy (non-hydrogen) atoms. The van der Waals surface area contributed by atoms with Gasteiger partial charge in [-0.1, -0.05) is 37.0 Å². The number of hydrogen-bond donors (Lipinski definition) is 1. The molecule has 3 aromatic rings. The number of rotatable bonds is 1. The van der Waals surface area contributed by atoms with Crippen LogP contribution in [0.25, 0.3) is 10.8 Å². The first-order valence-electron chi connectivity index (χ1n) is 10.5. The Morgan fingerprint density at radius 2 is 1.86 bits per heavy atom. The molecule has 0 unspecified atom stereocenters. The van der Waals surface area contributed by atoms with Crippen LogP contribution in [0.2, 0.25) is 0 Å². The van der Waals surface area contributed by atoms with Crippen LogP contribution in [0, 0.1) is 17.3 Å². The van der Waals surface area contributed by atoms with E-state index in [0.29, 0.717) is 5.92 Å². The van der Waals surface area contributed by atoms with Crippen molar-refractivity contribution in [2.75, 3.05) is 7.11 Å². The van der Waals surface area contributed by atoms with Crippen molar-refractivity contribution in [1.82, 2.24) is 0 Å². The minimum atomic E-state index is -0.198. The van der Waals surface area contributed by atoms with Gasteiger partial charge in [0.05, 0.1) is 13.2 Å². The molecular weight excluding hydrogens is 356 g/mol. The molecule has 1 saturated carbocycles. The van der Waals surface area contributed by atoms with Crippen molar-refractivity contribution in [1.29, 1.82) is 0 Å². The smallest absolute Gasteiger partial charge is 0.119 e. The van der Waals surface area contributed by atoms with Crippen molar-refractivity contribution in [2.45, 2.75) is 44.6 Å². The Labute approximate surface area is 172 Å². The molecule has 0 heterocycles. The number of aliphatic hydroxyl groups is 1. The molecule has 2 aliphatic carbocycles. The lowest BCUT2D eigenvalue weighted by molar-refractivity contribution is 0.159. The standard InChI is InChI=1S/C27H26O2/c1-27-13-12-23-24-16-21(29-2)10-11-22(24)19(9-8-18-6-4-3-5-7-18)14-25(23)26(27)15-20(28)17-27/h3-7,10-11,14,16,20,26,28H,12-13,15,17H2,1-2H3/t20-,26+,27-/m1/s1. The molecule has 146 valence electrons. The van der Waals surface area contributed by atoms with Gasteiger partial charge in [0.15, 0.2) is 0 Å². The number of aryl methyl sites for hydroxylation is 1. The highest BCUT2D eigenvalue weighted by Crippen LogP contribution is 2.56. The predicted octanol–water partition coefficient (Wildman–Crippen LogP) is 5.44. The summed E-state index contributed by atoms with van der Waals surface area (Å²) in [5, 5.41) is 12.9. The highest BCUT2D eigenvalue weighted by molar-refractivity contribution is 5.93. The van der Waals surface area contributed by atoms with Crippen molar-refractivity contribution in [2.24, 2.45) is 5.41 Å². The number of hydrogen-bond acceptors (Lipinski definition) is 2. The minimum absolute atomic E-state index is 0.184. The van der Waals surface area contributed by atoms with Crippen molar-refractivity contribution < 1.29 is 9.84 Å². The molecule has 1 fully saturated rings. The van der Waals surface area contributed by atoms with Crippen LogP contribution in [0.4, 0.5) is 0 Å². The quantitative estimate of drug-likeness (QED) is 0.568. The fraction of sp³-hybridized carbons (Fsp3) is 0.333. The van der Waals surface area contributed by atoms with E-state index >= 15 is 0 Å². The Balaban J connectivity index is 1.73. The fourth-order valence-electron chi connectivity index (χ4n) is 5.47. The van der Waals surface area contributed by atoms with E-state index in [9.17, 15) is 5.11 Å². The van der Waals surface area contributed by atoms with E-state index in [0.717, 1.165) is 42.6 Å². The zero-order valence-electron chi connectivity index (χ0n) is 17.0. The Hall–Kier alpha value is -2.76. The van der Waals surface area contributed by atoms with Gasteiger partial charge in [0.2, 0.25) is 0 Å². The van der Waals surface area contributed by atoms with E-state index < -0.39 is 0 Å². The molecule has 0 aliphatic heterocycles. The molecule has 3 aromatic carbocycles. The molecular formula is C27H26O2. The highest BCUT2D eigenvalue weighted by atomic mass is 16.5. The Morgan fingerprint density at radius 3 is 2.66 bits per heavy atom. The third-order valence-electron chi connectivity index (χ3n) is 6.98. The second-order valence-corrected chi connectivity index (χ2v) is 8.82. The SMILES string of the molecule is COc1ccc2c(C#Cc3ccccc3)cc3c(c2c1)CC[C@]1(C)C[C@H](O)C[C@@H]31. The third kappa shape index (κ3) is 3.11. The molecule has 0 bridgehead atoms. The summed E-state index contributed by atoms with van der Waals surface area (Å²) in [6.45, 7) is 2.35. The summed E-state index contributed by atoms with van der Waals surface area (Å²) in [4.78, 5) is 0. The van der Waals surface area contributed by atoms with Gasteiger partial charge in [0, 0.05) is 11.1 Å². The van der Waals surface area contributed by atoms with Crippen LogP contribution in [0.3, 0.4) is 0 Å². The van der Waals surface area contributed by atoms with Crippen molar-refractivity contribution in [3.63, 3.8) is 0 Å². The molecule has 2 heteroatoms. The molecule has 5 rings (SSSR count). The fourth-order valence-corrected chi connectivity index (χ4v) is 5.47. The lowest BCUT2D eigenvalue weighted by atomic mass is 9.66. The maximum atomic E-state index is 10.4. The van der Waals surface area contributed by atoms with Crippen LogP contribution in [0.15, 0.2) is 54.6 Å². The van der Waals surface area contributed by atoms with Gasteiger partial charge >= 0.3 is 0 Å². The van der Waals surface area contributed by atoms with Gasteiger partial charge in [-0.25, -0.2) is 0 Å². The highest BCUT2D eigenvalue weighted by Gasteiger charge is 2.47. The lowest BCUT2D eigenvalue weighted by Crippen LogP contribution is -2.27. The Kier molecular flexibility index (Phi) is 4.37. The molecule has 0 saturated heterocycles. The largest absolute Gasteiger partial charge is 0.497 e. The summed E-state index contributed by atoms with van der Waals surface area (Å²) in [5.41, 5.74) is 5.07. The molecule has 0 spiro atoms. The summed E-state index contributed by atoms with van der Waals surface area (Å²) in [6.07, 6.45) is 3.73. The second kappa shape index (κ2) is 6.94. The molecule has 0 amide bonds. The van der Waals surface area contributed by atoms with Gasteiger partial charge < -0.3 is 9.84 Å². The van der Waals surface area contributed by atoms with E-state index in [1.165, 1.54) is 21.9 Å². The first-order chi connectivity index (χ1) is 14.1. The predicted molar refractivity (Wildman–Crippen MR) is 117 cm³/mol. The first kappa shape index (κ1) is 18.3. The topological polar surface area (TPSA) is 29.5 Å². The zero-order chi connectivity index (χ0) is 20.0. The van der Waals surface area contributed by atoms with Gasteiger partial charge in [0.25, 0.3) is 0 Å². The maximum absolute atomic E-state index is 10.4. The van der Waals surface area contributed by atoms with E-state index in [1.54, 1.807) is 7.11 Å². The van der Waals surface area contributed by atoms with Crippen LogP contribution in [0.5, 0.6) is 5.75 Å². The average Bonchev–Trinajstić information content (AvgIpc) is 3.06. The van der Waals surface area contributed by atoms with Gasteiger partial charge in [-0.05, 0) is 95.3 Å². The molecule has 0 radical (unpaired) electrons. The van der Waals surface area contributed by atoms with Crippen molar-refractivity contribution >= 4 is 10.8 Å². The Bertz CT molecular complexity index is 1140. The van der Waals surface area contributed by atoms with Crippen LogP contribution in [-0.4, -0.2) is 18.3 Å². The van der Waals surface area contributed by atoms with Gasteiger partial charge in [-0.15, -0.1) is 0 Å². The molecule has 1 N–H and O–H groups in total. The number of ether oxygens (including phenoxy) is 1. The third-order valence-corrected chi connectivity index (χ3v) is 6.98. The average molecular weight is 383 g/mol. The van der Waals surface area contributed by atoms with Crippen molar-refractivity contribution in [3.05, 3.63) is 76.9 Å². The Morgan fingerprint density at radius 1 is 1.03 bits per heavy atom. The summed E-state index contributed by atoms with van der Waals surface area (Å²) >= 11 is 0. The van der Waals surface area contributed by atoms with Gasteiger partial charge in [0.1, 0.15) is 5.75 Å². The number of aliphatic hydroxyl groups excluding tert-OH is 1. The van der Waals surface area contributed by atoms with Crippen LogP contribution < -0.4 is 4.74 Å². The number of methoxy groups -OCH3 is 1. The molecule has 2 nitrogen and oxygen atoms in total. The second-order valence-electron chi connectivity index (χ2n) is 8.82. The molecule has 0 aromatic heterocycles. The minimum Gasteiger partial charge on any atom is -0.497 e. The van der Waals surface area contributed by atoms with Crippen LogP contribution >= 0.6 is 0 Å². The lowest BCUT2D eigenvalue weighted by Gasteiger charge is -2.38. The van der Waals surface area contributed by atoms with E-state index in [1.807, 2.05) is 36.4 Å². The summed E-state index contributed by atoms with van der Waals surface area (Å²) < 4.78 is 5.53. The molecule has 2 aliphatic rings. The van der Waals surface area contributed by atoms with Crippen LogP contribution in [-0.2, 0) is 6.42 Å². The summed E-state index contributed by atoms with van der Waals surface area (Å²) in [5.74, 6) is 8.06. The summed E-state index contributed by atoms with van der Waals surface area (Å²) in [7, 11) is 1.72. The molecule has 3 atom stereocenters. The zero-order valence-corrected chi connectivity index (χ0v) is 17.0. The number of fused-ring (bicyclic) bond motifs is 5. The van der Waals surface area contributed by atoms with Gasteiger partial charge in [-0.3, -0.25) is 0 Å². The van der Waals surface area contributed by atoms with E-state index in [-0.39, 0.29) is 11.5 Å². The number of benzene rings is 3. The van der Waals surface area contributed by atoms with Gasteiger partial charge in [-0.2, -0.15) is 0 Å². The normalized spacial score (nSPS) is 25.1. The monoisotopic (exact) mass is 382 g/mol. The maximum Gasteiger partial charge on any atom is 0.119 e. The van der Waals surface area contributed by atoms with Crippen LogP contribution in [0.1, 0.15) is 54.4 Å².